The molecule has 0 aromatic heterocycles. The van der Waals surface area contributed by atoms with E-state index in [1.807, 2.05) is 30.3 Å². The zero-order valence-electron chi connectivity index (χ0n) is 17.1. The fraction of sp³-hybridized carbons (Fsp3) is 0.240. The first-order valence-electron chi connectivity index (χ1n) is 10.2. The first-order valence-corrected chi connectivity index (χ1v) is 10.2. The minimum absolute atomic E-state index is 0.00720. The maximum absolute atomic E-state index is 14.2. The Balaban J connectivity index is 1.76. The van der Waals surface area contributed by atoms with E-state index in [2.05, 4.69) is 5.32 Å². The summed E-state index contributed by atoms with van der Waals surface area (Å²) in [5.41, 5.74) is 0.658. The van der Waals surface area contributed by atoms with Gasteiger partial charge in [0.15, 0.2) is 0 Å². The number of amides is 1. The molecule has 0 aliphatic rings. The lowest BCUT2D eigenvalue weighted by atomic mass is 9.95. The molecule has 7 heteroatoms. The second kappa shape index (κ2) is 10.4. The van der Waals surface area contributed by atoms with Gasteiger partial charge in [0, 0.05) is 12.0 Å². The monoisotopic (exact) mass is 445 g/mol. The van der Waals surface area contributed by atoms with Crippen LogP contribution in [-0.2, 0) is 23.8 Å². The number of rotatable bonds is 8. The summed E-state index contributed by atoms with van der Waals surface area (Å²) in [6.07, 6.45) is -5.17. The molecule has 3 nitrogen and oxygen atoms in total. The molecule has 2 atom stereocenters. The van der Waals surface area contributed by atoms with Crippen LogP contribution in [0.15, 0.2) is 78.9 Å². The number of carbonyl (C=O) groups excluding carboxylic acids is 1. The van der Waals surface area contributed by atoms with Crippen LogP contribution in [0.1, 0.15) is 34.8 Å². The molecule has 0 saturated carbocycles. The summed E-state index contributed by atoms with van der Waals surface area (Å²) in [7, 11) is 0. The summed E-state index contributed by atoms with van der Waals surface area (Å²) in [4.78, 5) is 12.6. The molecule has 3 rings (SSSR count). The number of hydrogen-bond acceptors (Lipinski definition) is 2. The van der Waals surface area contributed by atoms with Gasteiger partial charge in [0.05, 0.1) is 11.6 Å². The summed E-state index contributed by atoms with van der Waals surface area (Å²) >= 11 is 0. The summed E-state index contributed by atoms with van der Waals surface area (Å²) in [6.45, 7) is 0. The number of halogens is 4. The van der Waals surface area contributed by atoms with Gasteiger partial charge in [-0.15, -0.1) is 0 Å². The second-order valence-electron chi connectivity index (χ2n) is 7.52. The van der Waals surface area contributed by atoms with Crippen molar-refractivity contribution in [3.8, 4) is 0 Å². The van der Waals surface area contributed by atoms with E-state index in [0.29, 0.717) is 12.0 Å². The van der Waals surface area contributed by atoms with Crippen molar-refractivity contribution in [3.05, 3.63) is 107 Å². The molecule has 0 fully saturated rings. The summed E-state index contributed by atoms with van der Waals surface area (Å²) in [5, 5.41) is 13.5. The Morgan fingerprint density at radius 2 is 1.50 bits per heavy atom. The molecule has 3 aromatic rings. The van der Waals surface area contributed by atoms with E-state index in [1.165, 1.54) is 30.3 Å². The third-order valence-electron chi connectivity index (χ3n) is 5.17. The van der Waals surface area contributed by atoms with Crippen molar-refractivity contribution in [2.45, 2.75) is 37.6 Å². The minimum Gasteiger partial charge on any atom is -0.386 e. The highest BCUT2D eigenvalue weighted by molar-refractivity contribution is 5.76. The zero-order chi connectivity index (χ0) is 23.1. The lowest BCUT2D eigenvalue weighted by Crippen LogP contribution is -2.41. The molecule has 2 N–H and O–H groups in total. The predicted octanol–water partition coefficient (Wildman–Crippen LogP) is 5.24. The van der Waals surface area contributed by atoms with Crippen molar-refractivity contribution in [2.75, 3.05) is 0 Å². The van der Waals surface area contributed by atoms with Gasteiger partial charge >= 0.3 is 6.18 Å². The second-order valence-corrected chi connectivity index (χ2v) is 7.52. The van der Waals surface area contributed by atoms with Crippen molar-refractivity contribution in [1.82, 2.24) is 5.32 Å². The quantitative estimate of drug-likeness (QED) is 0.466. The normalized spacial score (nSPS) is 13.4. The van der Waals surface area contributed by atoms with Gasteiger partial charge in [-0.1, -0.05) is 60.7 Å². The van der Waals surface area contributed by atoms with Gasteiger partial charge in [-0.05, 0) is 42.2 Å². The minimum atomic E-state index is -4.46. The largest absolute Gasteiger partial charge is 0.416 e. The van der Waals surface area contributed by atoms with Crippen LogP contribution in [0.2, 0.25) is 0 Å². The van der Waals surface area contributed by atoms with Crippen molar-refractivity contribution in [3.63, 3.8) is 0 Å². The standard InChI is InChI=1S/C25H23F4NO2/c26-21-9-5-4-8-20(21)24(32)22(16-18-10-13-19(14-11-18)25(27,28)29)30-23(31)15-12-17-6-2-1-3-7-17/h1-11,13-14,22,24,32H,12,15-16H2,(H,30,31). The van der Waals surface area contributed by atoms with Crippen molar-refractivity contribution < 1.29 is 27.5 Å². The molecule has 0 heterocycles. The highest BCUT2D eigenvalue weighted by Gasteiger charge is 2.30. The number of benzene rings is 3. The van der Waals surface area contributed by atoms with E-state index < -0.39 is 29.7 Å². The zero-order valence-corrected chi connectivity index (χ0v) is 17.1. The molecule has 0 bridgehead atoms. The van der Waals surface area contributed by atoms with Gasteiger partial charge in [0.2, 0.25) is 5.91 Å². The number of carbonyl (C=O) groups is 1. The molecule has 168 valence electrons. The number of alkyl halides is 3. The van der Waals surface area contributed by atoms with Crippen molar-refractivity contribution in [1.29, 1.82) is 0 Å². The molecule has 2 unspecified atom stereocenters. The van der Waals surface area contributed by atoms with Crippen molar-refractivity contribution in [2.24, 2.45) is 0 Å². The average molecular weight is 445 g/mol. The predicted molar refractivity (Wildman–Crippen MR) is 113 cm³/mol. The van der Waals surface area contributed by atoms with Crippen LogP contribution in [0.25, 0.3) is 0 Å². The van der Waals surface area contributed by atoms with Crippen molar-refractivity contribution >= 4 is 5.91 Å². The van der Waals surface area contributed by atoms with E-state index in [9.17, 15) is 27.5 Å². The lowest BCUT2D eigenvalue weighted by Gasteiger charge is -2.25. The van der Waals surface area contributed by atoms with E-state index in [-0.39, 0.29) is 24.3 Å². The Hall–Kier alpha value is -3.19. The SMILES string of the molecule is O=C(CCc1ccccc1)NC(Cc1ccc(C(F)(F)F)cc1)C(O)c1ccccc1F. The van der Waals surface area contributed by atoms with Crippen LogP contribution in [0.5, 0.6) is 0 Å². The smallest absolute Gasteiger partial charge is 0.386 e. The number of aliphatic hydroxyl groups excluding tert-OH is 1. The Labute approximate surface area is 183 Å². The highest BCUT2D eigenvalue weighted by Crippen LogP contribution is 2.30. The molecule has 32 heavy (non-hydrogen) atoms. The third kappa shape index (κ3) is 6.40. The average Bonchev–Trinajstić information content (AvgIpc) is 2.77. The van der Waals surface area contributed by atoms with E-state index in [0.717, 1.165) is 17.7 Å². The van der Waals surface area contributed by atoms with E-state index >= 15 is 0 Å². The Bertz CT molecular complexity index is 1020. The van der Waals surface area contributed by atoms with Crippen LogP contribution < -0.4 is 5.32 Å². The molecule has 1 amide bonds. The Morgan fingerprint density at radius 3 is 2.12 bits per heavy atom. The number of nitrogens with one attached hydrogen (secondary N) is 1. The fourth-order valence-corrected chi connectivity index (χ4v) is 3.44. The van der Waals surface area contributed by atoms with E-state index in [1.54, 1.807) is 6.07 Å². The molecular formula is C25H23F4NO2. The van der Waals surface area contributed by atoms with Gasteiger partial charge in [-0.25, -0.2) is 4.39 Å². The molecule has 0 radical (unpaired) electrons. The van der Waals surface area contributed by atoms with Crippen LogP contribution in [0.3, 0.4) is 0 Å². The van der Waals surface area contributed by atoms with Gasteiger partial charge in [-0.3, -0.25) is 4.79 Å². The van der Waals surface area contributed by atoms with Gasteiger partial charge in [0.1, 0.15) is 11.9 Å². The highest BCUT2D eigenvalue weighted by atomic mass is 19.4. The third-order valence-corrected chi connectivity index (χ3v) is 5.17. The van der Waals surface area contributed by atoms with Crippen LogP contribution in [0, 0.1) is 5.82 Å². The molecule has 3 aromatic carbocycles. The van der Waals surface area contributed by atoms with Crippen LogP contribution in [0.4, 0.5) is 17.6 Å². The molecular weight excluding hydrogens is 422 g/mol. The topological polar surface area (TPSA) is 49.3 Å². The molecule has 0 spiro atoms. The summed E-state index contributed by atoms with van der Waals surface area (Å²) < 4.78 is 52.7. The van der Waals surface area contributed by atoms with Gasteiger partial charge < -0.3 is 10.4 Å². The number of aliphatic hydroxyl groups is 1. The van der Waals surface area contributed by atoms with Crippen LogP contribution >= 0.6 is 0 Å². The van der Waals surface area contributed by atoms with Crippen LogP contribution in [-0.4, -0.2) is 17.1 Å². The lowest BCUT2D eigenvalue weighted by molar-refractivity contribution is -0.137. The number of hydrogen-bond donors (Lipinski definition) is 2. The maximum Gasteiger partial charge on any atom is 0.416 e. The molecule has 0 aliphatic heterocycles. The number of aryl methyl sites for hydroxylation is 1. The van der Waals surface area contributed by atoms with Gasteiger partial charge in [-0.2, -0.15) is 13.2 Å². The first kappa shape index (κ1) is 23.5. The molecule has 0 aliphatic carbocycles. The Kier molecular flexibility index (Phi) is 7.64. The maximum atomic E-state index is 14.2. The summed E-state index contributed by atoms with van der Waals surface area (Å²) in [6, 6.07) is 18.6. The fourth-order valence-electron chi connectivity index (χ4n) is 3.44. The Morgan fingerprint density at radius 1 is 0.875 bits per heavy atom. The van der Waals surface area contributed by atoms with E-state index in [4.69, 9.17) is 0 Å². The summed E-state index contributed by atoms with van der Waals surface area (Å²) in [5.74, 6) is -0.975. The van der Waals surface area contributed by atoms with Gasteiger partial charge in [0.25, 0.3) is 0 Å². The molecule has 0 saturated heterocycles. The first-order chi connectivity index (χ1) is 15.2.